The third-order valence-electron chi connectivity index (χ3n) is 6.23. The Labute approximate surface area is 190 Å². The van der Waals surface area contributed by atoms with Crippen molar-refractivity contribution in [2.24, 2.45) is 11.8 Å². The molecule has 2 saturated heterocycles. The fourth-order valence-corrected chi connectivity index (χ4v) is 4.73. The molecular formula is C23H29F4N5O. The smallest absolute Gasteiger partial charge is 0.388 e. The summed E-state index contributed by atoms with van der Waals surface area (Å²) >= 11 is 0. The lowest BCUT2D eigenvalue weighted by atomic mass is 9.91. The Morgan fingerprint density at radius 3 is 2.30 bits per heavy atom. The molecule has 0 aliphatic carbocycles. The van der Waals surface area contributed by atoms with Crippen LogP contribution in [0.2, 0.25) is 0 Å². The minimum Gasteiger partial charge on any atom is -0.388 e. The molecule has 0 radical (unpaired) electrons. The van der Waals surface area contributed by atoms with Gasteiger partial charge in [-0.15, -0.1) is 0 Å². The molecule has 2 unspecified atom stereocenters. The number of hydrogen-bond donors (Lipinski definition) is 2. The van der Waals surface area contributed by atoms with Crippen molar-refractivity contribution in [3.8, 4) is 0 Å². The number of rotatable bonds is 4. The Morgan fingerprint density at radius 2 is 1.70 bits per heavy atom. The van der Waals surface area contributed by atoms with E-state index >= 15 is 0 Å². The van der Waals surface area contributed by atoms with E-state index in [2.05, 4.69) is 34.0 Å². The number of aliphatic hydroxyl groups excluding tert-OH is 1. The standard InChI is InChI=1S/C23H29F4N5O/c1-14-9-15(2)12-32(11-14)17-5-3-16(4-6-17)29-22-28-10-18(23(25,26)27)21(30-22)31-8-7-19(24)20(33)13-31/h3-6,10,14-15,19-20,33H,7-9,11-13H2,1-2H3,(H,28,29,30)/t14?,15?,19-,20-/m1/s1. The van der Waals surface area contributed by atoms with Gasteiger partial charge in [0.05, 0.1) is 0 Å². The molecule has 180 valence electrons. The highest BCUT2D eigenvalue weighted by molar-refractivity contribution is 5.61. The monoisotopic (exact) mass is 467 g/mol. The molecule has 6 nitrogen and oxygen atoms in total. The molecule has 1 aromatic heterocycles. The number of aliphatic hydroxyl groups is 1. The van der Waals surface area contributed by atoms with Crippen LogP contribution in [0.3, 0.4) is 0 Å². The van der Waals surface area contributed by atoms with E-state index in [1.165, 1.54) is 11.3 Å². The number of piperidine rings is 2. The van der Waals surface area contributed by atoms with Gasteiger partial charge in [0.1, 0.15) is 23.7 Å². The van der Waals surface area contributed by atoms with Crippen LogP contribution in [0.15, 0.2) is 30.5 Å². The van der Waals surface area contributed by atoms with Crippen molar-refractivity contribution in [2.75, 3.05) is 41.3 Å². The van der Waals surface area contributed by atoms with Crippen molar-refractivity contribution in [1.82, 2.24) is 9.97 Å². The van der Waals surface area contributed by atoms with Crippen LogP contribution in [-0.2, 0) is 6.18 Å². The second-order valence-electron chi connectivity index (χ2n) is 9.27. The van der Waals surface area contributed by atoms with Crippen molar-refractivity contribution in [1.29, 1.82) is 0 Å². The second-order valence-corrected chi connectivity index (χ2v) is 9.27. The molecule has 0 saturated carbocycles. The summed E-state index contributed by atoms with van der Waals surface area (Å²) in [5.74, 6) is 0.875. The number of nitrogens with zero attached hydrogens (tertiary/aromatic N) is 4. The molecule has 0 spiro atoms. The zero-order chi connectivity index (χ0) is 23.8. The molecule has 1 aromatic carbocycles. The minimum absolute atomic E-state index is 0.00262. The Hall–Kier alpha value is -2.62. The van der Waals surface area contributed by atoms with Crippen LogP contribution in [-0.4, -0.2) is 53.5 Å². The van der Waals surface area contributed by atoms with Crippen molar-refractivity contribution < 1.29 is 22.7 Å². The number of alkyl halides is 4. The van der Waals surface area contributed by atoms with Crippen LogP contribution in [0.25, 0.3) is 0 Å². The number of hydrogen-bond acceptors (Lipinski definition) is 6. The quantitative estimate of drug-likeness (QED) is 0.640. The van der Waals surface area contributed by atoms with E-state index in [0.717, 1.165) is 25.0 Å². The van der Waals surface area contributed by atoms with E-state index < -0.39 is 24.0 Å². The number of halogens is 4. The molecular weight excluding hydrogens is 438 g/mol. The molecule has 2 N–H and O–H groups in total. The Balaban J connectivity index is 1.53. The number of β-amino-alcohol motifs (C(OH)–C–C–N with tert-alkyl or cyclic N) is 1. The van der Waals surface area contributed by atoms with Crippen LogP contribution in [0.1, 0.15) is 32.3 Å². The van der Waals surface area contributed by atoms with E-state index in [9.17, 15) is 22.7 Å². The van der Waals surface area contributed by atoms with E-state index in [0.29, 0.717) is 17.5 Å². The van der Waals surface area contributed by atoms with Gasteiger partial charge in [-0.2, -0.15) is 18.2 Å². The molecule has 2 aliphatic rings. The topological polar surface area (TPSA) is 64.5 Å². The summed E-state index contributed by atoms with van der Waals surface area (Å²) in [6, 6.07) is 7.64. The molecule has 0 amide bonds. The normalized spacial score (nSPS) is 26.4. The van der Waals surface area contributed by atoms with Crippen LogP contribution < -0.4 is 15.1 Å². The van der Waals surface area contributed by atoms with Gasteiger partial charge < -0.3 is 20.2 Å². The summed E-state index contributed by atoms with van der Waals surface area (Å²) in [5.41, 5.74) is 0.724. The van der Waals surface area contributed by atoms with Gasteiger partial charge in [0.25, 0.3) is 0 Å². The Bertz CT molecular complexity index is 945. The lowest BCUT2D eigenvalue weighted by Crippen LogP contribution is -2.46. The van der Waals surface area contributed by atoms with E-state index in [-0.39, 0.29) is 31.3 Å². The lowest BCUT2D eigenvalue weighted by molar-refractivity contribution is -0.137. The van der Waals surface area contributed by atoms with Gasteiger partial charge in [0.15, 0.2) is 0 Å². The van der Waals surface area contributed by atoms with Crippen molar-refractivity contribution >= 4 is 23.1 Å². The number of benzene rings is 1. The zero-order valence-corrected chi connectivity index (χ0v) is 18.7. The van der Waals surface area contributed by atoms with Crippen LogP contribution in [0, 0.1) is 11.8 Å². The van der Waals surface area contributed by atoms with Gasteiger partial charge in [-0.3, -0.25) is 0 Å². The van der Waals surface area contributed by atoms with Crippen LogP contribution in [0.4, 0.5) is 40.7 Å². The fraction of sp³-hybridized carbons (Fsp3) is 0.565. The highest BCUT2D eigenvalue weighted by Crippen LogP contribution is 2.37. The summed E-state index contributed by atoms with van der Waals surface area (Å²) in [7, 11) is 0. The predicted molar refractivity (Wildman–Crippen MR) is 120 cm³/mol. The average Bonchev–Trinajstić information content (AvgIpc) is 2.75. The maximum Gasteiger partial charge on any atom is 0.421 e. The molecule has 33 heavy (non-hydrogen) atoms. The van der Waals surface area contributed by atoms with Gasteiger partial charge in [0.2, 0.25) is 5.95 Å². The summed E-state index contributed by atoms with van der Waals surface area (Å²) < 4.78 is 54.3. The van der Waals surface area contributed by atoms with Crippen molar-refractivity contribution in [2.45, 2.75) is 45.1 Å². The van der Waals surface area contributed by atoms with Gasteiger partial charge in [0, 0.05) is 43.8 Å². The SMILES string of the molecule is CC1CC(C)CN(c2ccc(Nc3ncc(C(F)(F)F)c(N4CC[C@@H](F)[C@H](O)C4)n3)cc2)C1. The predicted octanol–water partition coefficient (Wildman–Crippen LogP) is 4.63. The molecule has 2 aromatic rings. The zero-order valence-electron chi connectivity index (χ0n) is 18.7. The second kappa shape index (κ2) is 9.32. The highest BCUT2D eigenvalue weighted by atomic mass is 19.4. The van der Waals surface area contributed by atoms with Gasteiger partial charge in [-0.1, -0.05) is 13.8 Å². The summed E-state index contributed by atoms with van der Waals surface area (Å²) in [6.45, 7) is 6.23. The molecule has 0 bridgehead atoms. The summed E-state index contributed by atoms with van der Waals surface area (Å²) in [5, 5.41) is 12.8. The lowest BCUT2D eigenvalue weighted by Gasteiger charge is -2.36. The van der Waals surface area contributed by atoms with Crippen LogP contribution in [0.5, 0.6) is 0 Å². The average molecular weight is 468 g/mol. The third-order valence-corrected chi connectivity index (χ3v) is 6.23. The molecule has 2 aliphatic heterocycles. The van der Waals surface area contributed by atoms with Crippen LogP contribution >= 0.6 is 0 Å². The van der Waals surface area contributed by atoms with Crippen molar-refractivity contribution in [3.63, 3.8) is 0 Å². The maximum atomic E-state index is 13.6. The number of aromatic nitrogens is 2. The van der Waals surface area contributed by atoms with Gasteiger partial charge in [-0.05, 0) is 48.9 Å². The first kappa shape index (κ1) is 23.5. The first-order valence-corrected chi connectivity index (χ1v) is 11.2. The van der Waals surface area contributed by atoms with E-state index in [1.807, 2.05) is 24.3 Å². The van der Waals surface area contributed by atoms with E-state index in [4.69, 9.17) is 0 Å². The molecule has 4 rings (SSSR count). The number of anilines is 4. The van der Waals surface area contributed by atoms with Gasteiger partial charge >= 0.3 is 6.18 Å². The molecule has 4 atom stereocenters. The third kappa shape index (κ3) is 5.48. The van der Waals surface area contributed by atoms with Crippen molar-refractivity contribution in [3.05, 3.63) is 36.0 Å². The summed E-state index contributed by atoms with van der Waals surface area (Å²) in [6.07, 6.45) is -5.62. The van der Waals surface area contributed by atoms with E-state index in [1.54, 1.807) is 0 Å². The van der Waals surface area contributed by atoms with Gasteiger partial charge in [-0.25, -0.2) is 9.37 Å². The molecule has 2 fully saturated rings. The first-order chi connectivity index (χ1) is 15.6. The molecule has 3 heterocycles. The fourth-order valence-electron chi connectivity index (χ4n) is 4.73. The Kier molecular flexibility index (Phi) is 6.65. The number of nitrogens with one attached hydrogen (secondary N) is 1. The Morgan fingerprint density at radius 1 is 1.03 bits per heavy atom. The summed E-state index contributed by atoms with van der Waals surface area (Å²) in [4.78, 5) is 11.5. The maximum absolute atomic E-state index is 13.6. The largest absolute Gasteiger partial charge is 0.421 e. The first-order valence-electron chi connectivity index (χ1n) is 11.2. The minimum atomic E-state index is -4.67. The molecule has 10 heteroatoms. The highest BCUT2D eigenvalue weighted by Gasteiger charge is 2.39.